The van der Waals surface area contributed by atoms with Crippen LogP contribution in [0.5, 0.6) is 0 Å². The molecule has 1 aliphatic heterocycles. The van der Waals surface area contributed by atoms with Gasteiger partial charge in [0.05, 0.1) is 0 Å². The van der Waals surface area contributed by atoms with E-state index in [-0.39, 0.29) is 17.9 Å². The van der Waals surface area contributed by atoms with Crippen molar-refractivity contribution in [1.29, 1.82) is 0 Å². The van der Waals surface area contributed by atoms with Crippen LogP contribution in [0, 0.1) is 6.92 Å². The number of carbonyl (C=O) groups excluding carboxylic acids is 2. The maximum Gasteiger partial charge on any atom is 0.272 e. The number of hydrogen-bond donors (Lipinski definition) is 1. The van der Waals surface area contributed by atoms with Crippen LogP contribution in [0.15, 0.2) is 48.7 Å². The number of likely N-dealkylation sites (tertiary alicyclic amines) is 1. The molecule has 2 heterocycles. The van der Waals surface area contributed by atoms with Crippen LogP contribution in [-0.2, 0) is 0 Å². The van der Waals surface area contributed by atoms with Crippen LogP contribution in [0.3, 0.4) is 0 Å². The SMILES string of the molecule is Cc1cccc(C(=O)NC2CCN(C(=O)c3ccccn3)CC2)c1. The summed E-state index contributed by atoms with van der Waals surface area (Å²) in [5, 5.41) is 3.07. The molecule has 3 rings (SSSR count). The van der Waals surface area contributed by atoms with Gasteiger partial charge in [-0.15, -0.1) is 0 Å². The number of aryl methyl sites for hydroxylation is 1. The molecule has 0 saturated carbocycles. The van der Waals surface area contributed by atoms with E-state index in [0.29, 0.717) is 24.3 Å². The highest BCUT2D eigenvalue weighted by molar-refractivity contribution is 5.94. The number of amides is 2. The number of piperidine rings is 1. The second-order valence-corrected chi connectivity index (χ2v) is 6.12. The molecule has 1 N–H and O–H groups in total. The summed E-state index contributed by atoms with van der Waals surface area (Å²) in [5.74, 6) is -0.0905. The Kier molecular flexibility index (Phi) is 4.89. The summed E-state index contributed by atoms with van der Waals surface area (Å²) >= 11 is 0. The summed E-state index contributed by atoms with van der Waals surface area (Å²) < 4.78 is 0. The second kappa shape index (κ2) is 7.25. The molecule has 0 aliphatic carbocycles. The molecule has 0 unspecified atom stereocenters. The normalized spacial score (nSPS) is 15.1. The van der Waals surface area contributed by atoms with Gasteiger partial charge in [0.2, 0.25) is 0 Å². The quantitative estimate of drug-likeness (QED) is 0.943. The first-order valence-corrected chi connectivity index (χ1v) is 8.21. The summed E-state index contributed by atoms with van der Waals surface area (Å²) in [6.45, 7) is 3.24. The predicted molar refractivity (Wildman–Crippen MR) is 91.8 cm³/mol. The molecular weight excluding hydrogens is 302 g/mol. The lowest BCUT2D eigenvalue weighted by molar-refractivity contribution is 0.0692. The van der Waals surface area contributed by atoms with Crippen molar-refractivity contribution in [2.75, 3.05) is 13.1 Å². The van der Waals surface area contributed by atoms with E-state index in [9.17, 15) is 9.59 Å². The van der Waals surface area contributed by atoms with Crippen LogP contribution in [0.4, 0.5) is 0 Å². The molecule has 1 saturated heterocycles. The fourth-order valence-corrected chi connectivity index (χ4v) is 2.93. The summed E-state index contributed by atoms with van der Waals surface area (Å²) in [6.07, 6.45) is 3.15. The van der Waals surface area contributed by atoms with Crippen molar-refractivity contribution in [3.8, 4) is 0 Å². The van der Waals surface area contributed by atoms with Gasteiger partial charge in [-0.1, -0.05) is 23.8 Å². The van der Waals surface area contributed by atoms with E-state index in [1.807, 2.05) is 37.3 Å². The van der Waals surface area contributed by atoms with Crippen molar-refractivity contribution in [2.45, 2.75) is 25.8 Å². The Labute approximate surface area is 141 Å². The van der Waals surface area contributed by atoms with Gasteiger partial charge < -0.3 is 10.2 Å². The topological polar surface area (TPSA) is 62.3 Å². The number of nitrogens with one attached hydrogen (secondary N) is 1. The maximum absolute atomic E-state index is 12.4. The average Bonchev–Trinajstić information content (AvgIpc) is 2.62. The Morgan fingerprint density at radius 2 is 1.92 bits per heavy atom. The lowest BCUT2D eigenvalue weighted by atomic mass is 10.0. The van der Waals surface area contributed by atoms with Gasteiger partial charge in [0, 0.05) is 30.9 Å². The number of hydrogen-bond acceptors (Lipinski definition) is 3. The molecule has 5 heteroatoms. The molecule has 24 heavy (non-hydrogen) atoms. The zero-order valence-corrected chi connectivity index (χ0v) is 13.7. The lowest BCUT2D eigenvalue weighted by Gasteiger charge is -2.32. The van der Waals surface area contributed by atoms with E-state index >= 15 is 0 Å². The van der Waals surface area contributed by atoms with Gasteiger partial charge in [-0.3, -0.25) is 14.6 Å². The molecule has 2 amide bonds. The van der Waals surface area contributed by atoms with Gasteiger partial charge in [-0.05, 0) is 44.0 Å². The largest absolute Gasteiger partial charge is 0.349 e. The Balaban J connectivity index is 1.54. The Bertz CT molecular complexity index is 722. The van der Waals surface area contributed by atoms with Crippen molar-refractivity contribution in [3.63, 3.8) is 0 Å². The van der Waals surface area contributed by atoms with Crippen LogP contribution in [0.2, 0.25) is 0 Å². The van der Waals surface area contributed by atoms with Gasteiger partial charge in [0.1, 0.15) is 5.69 Å². The van der Waals surface area contributed by atoms with E-state index in [1.54, 1.807) is 23.2 Å². The van der Waals surface area contributed by atoms with Crippen molar-refractivity contribution in [1.82, 2.24) is 15.2 Å². The highest BCUT2D eigenvalue weighted by Gasteiger charge is 2.25. The minimum absolute atomic E-state index is 0.0425. The average molecular weight is 323 g/mol. The molecule has 5 nitrogen and oxygen atoms in total. The number of aromatic nitrogens is 1. The zero-order chi connectivity index (χ0) is 16.9. The summed E-state index contributed by atoms with van der Waals surface area (Å²) in [5.41, 5.74) is 2.22. The number of nitrogens with zero attached hydrogens (tertiary/aromatic N) is 2. The molecule has 0 atom stereocenters. The molecule has 1 aliphatic rings. The fraction of sp³-hybridized carbons (Fsp3) is 0.316. The Morgan fingerprint density at radius 3 is 2.58 bits per heavy atom. The van der Waals surface area contributed by atoms with Gasteiger partial charge in [-0.2, -0.15) is 0 Å². The van der Waals surface area contributed by atoms with Crippen molar-refractivity contribution in [3.05, 3.63) is 65.5 Å². The van der Waals surface area contributed by atoms with E-state index in [4.69, 9.17) is 0 Å². The van der Waals surface area contributed by atoms with Crippen LogP contribution >= 0.6 is 0 Å². The van der Waals surface area contributed by atoms with Gasteiger partial charge in [0.15, 0.2) is 0 Å². The van der Waals surface area contributed by atoms with E-state index in [0.717, 1.165) is 18.4 Å². The second-order valence-electron chi connectivity index (χ2n) is 6.12. The highest BCUT2D eigenvalue weighted by Crippen LogP contribution is 2.14. The first-order chi connectivity index (χ1) is 11.6. The molecule has 0 bridgehead atoms. The molecule has 124 valence electrons. The summed E-state index contributed by atoms with van der Waals surface area (Å²) in [6, 6.07) is 13.0. The molecular formula is C19H21N3O2. The molecule has 1 aromatic carbocycles. The molecule has 1 fully saturated rings. The first-order valence-electron chi connectivity index (χ1n) is 8.21. The minimum Gasteiger partial charge on any atom is -0.349 e. The molecule has 1 aromatic heterocycles. The third-order valence-corrected chi connectivity index (χ3v) is 4.28. The van der Waals surface area contributed by atoms with Crippen molar-refractivity contribution in [2.24, 2.45) is 0 Å². The standard InChI is InChI=1S/C19H21N3O2/c1-14-5-4-6-15(13-14)18(23)21-16-8-11-22(12-9-16)19(24)17-7-2-3-10-20-17/h2-7,10,13,16H,8-9,11-12H2,1H3,(H,21,23). The van der Waals surface area contributed by atoms with Gasteiger partial charge >= 0.3 is 0 Å². The highest BCUT2D eigenvalue weighted by atomic mass is 16.2. The Morgan fingerprint density at radius 1 is 1.12 bits per heavy atom. The predicted octanol–water partition coefficient (Wildman–Crippen LogP) is 2.42. The van der Waals surface area contributed by atoms with Crippen LogP contribution in [0.1, 0.15) is 39.3 Å². The van der Waals surface area contributed by atoms with E-state index < -0.39 is 0 Å². The minimum atomic E-state index is -0.0480. The van der Waals surface area contributed by atoms with Gasteiger partial charge in [0.25, 0.3) is 11.8 Å². The van der Waals surface area contributed by atoms with Crippen LogP contribution in [-0.4, -0.2) is 40.8 Å². The number of carbonyl (C=O) groups is 2. The zero-order valence-electron chi connectivity index (χ0n) is 13.7. The monoisotopic (exact) mass is 323 g/mol. The van der Waals surface area contributed by atoms with E-state index in [2.05, 4.69) is 10.3 Å². The number of rotatable bonds is 3. The first kappa shape index (κ1) is 16.2. The Hall–Kier alpha value is -2.69. The molecule has 2 aromatic rings. The third-order valence-electron chi connectivity index (χ3n) is 4.28. The van der Waals surface area contributed by atoms with Crippen molar-refractivity contribution >= 4 is 11.8 Å². The molecule has 0 spiro atoms. The van der Waals surface area contributed by atoms with Crippen LogP contribution < -0.4 is 5.32 Å². The van der Waals surface area contributed by atoms with Gasteiger partial charge in [-0.25, -0.2) is 0 Å². The van der Waals surface area contributed by atoms with Crippen molar-refractivity contribution < 1.29 is 9.59 Å². The smallest absolute Gasteiger partial charge is 0.272 e. The number of benzene rings is 1. The maximum atomic E-state index is 12.4. The van der Waals surface area contributed by atoms with Crippen LogP contribution in [0.25, 0.3) is 0 Å². The summed E-state index contributed by atoms with van der Waals surface area (Å²) in [4.78, 5) is 30.6. The lowest BCUT2D eigenvalue weighted by Crippen LogP contribution is -2.46. The summed E-state index contributed by atoms with van der Waals surface area (Å²) in [7, 11) is 0. The van der Waals surface area contributed by atoms with E-state index in [1.165, 1.54) is 0 Å². The third kappa shape index (κ3) is 3.79. The molecule has 0 radical (unpaired) electrons. The number of pyridine rings is 1. The fourth-order valence-electron chi connectivity index (χ4n) is 2.93.